The number of carbonyl (C=O) groups is 1. The third kappa shape index (κ3) is 7.24. The molecule has 3 heterocycles. The number of halogens is 1. The monoisotopic (exact) mass is 567 g/mol. The zero-order valence-corrected chi connectivity index (χ0v) is 24.5. The van der Waals surface area contributed by atoms with Gasteiger partial charge in [0, 0.05) is 55.3 Å². The van der Waals surface area contributed by atoms with Gasteiger partial charge in [-0.05, 0) is 57.7 Å². The normalized spacial score (nSPS) is 16.3. The molecule has 2 unspecified atom stereocenters. The minimum absolute atomic E-state index is 0.0378. The molecular formula is C30H38FN5O3S. The Morgan fingerprint density at radius 3 is 2.58 bits per heavy atom. The summed E-state index contributed by atoms with van der Waals surface area (Å²) in [5.41, 5.74) is 1.81. The number of fused-ring (bicyclic) bond motifs is 1. The third-order valence-electron chi connectivity index (χ3n) is 6.75. The van der Waals surface area contributed by atoms with Crippen molar-refractivity contribution in [2.75, 3.05) is 18.4 Å². The molecule has 10 heteroatoms. The fourth-order valence-electron chi connectivity index (χ4n) is 4.62. The second-order valence-corrected chi connectivity index (χ2v) is 11.6. The average Bonchev–Trinajstić information content (AvgIpc) is 3.58. The highest BCUT2D eigenvalue weighted by Crippen LogP contribution is 2.38. The molecule has 4 rings (SSSR count). The summed E-state index contributed by atoms with van der Waals surface area (Å²) >= 11 is 1.46. The number of rotatable bonds is 10. The van der Waals surface area contributed by atoms with Gasteiger partial charge in [0.15, 0.2) is 11.6 Å². The maximum Gasteiger partial charge on any atom is 0.319 e. The molecule has 2 atom stereocenters. The largest absolute Gasteiger partial charge is 0.453 e. The molecule has 1 fully saturated rings. The number of aromatic nitrogens is 1. The Balaban J connectivity index is 1.53. The molecule has 40 heavy (non-hydrogen) atoms. The van der Waals surface area contributed by atoms with Crippen LogP contribution < -0.4 is 15.4 Å². The molecule has 1 saturated heterocycles. The highest BCUT2D eigenvalue weighted by Gasteiger charge is 2.28. The molecule has 1 aliphatic rings. The second kappa shape index (κ2) is 13.3. The van der Waals surface area contributed by atoms with E-state index in [1.54, 1.807) is 18.3 Å². The molecule has 3 aromatic rings. The van der Waals surface area contributed by atoms with Gasteiger partial charge in [-0.25, -0.2) is 9.18 Å². The molecule has 8 nitrogen and oxygen atoms in total. The molecule has 214 valence electrons. The van der Waals surface area contributed by atoms with Gasteiger partial charge in [0.25, 0.3) is 0 Å². The van der Waals surface area contributed by atoms with E-state index < -0.39 is 18.1 Å². The maximum atomic E-state index is 14.9. The lowest BCUT2D eigenvalue weighted by atomic mass is 9.94. The quantitative estimate of drug-likeness (QED) is 0.232. The molecule has 0 bridgehead atoms. The van der Waals surface area contributed by atoms with Crippen molar-refractivity contribution >= 4 is 45.2 Å². The number of hydrogen-bond acceptors (Lipinski definition) is 7. The number of urea groups is 1. The van der Waals surface area contributed by atoms with Crippen LogP contribution in [0.1, 0.15) is 52.3 Å². The first-order chi connectivity index (χ1) is 19.2. The Morgan fingerprint density at radius 2 is 1.93 bits per heavy atom. The number of nitrogens with zero attached hydrogens (tertiary/aromatic N) is 3. The van der Waals surface area contributed by atoms with Gasteiger partial charge in [-0.2, -0.15) is 0 Å². The number of allylic oxidation sites excluding steroid dienone is 1. The van der Waals surface area contributed by atoms with Crippen molar-refractivity contribution in [3.63, 3.8) is 0 Å². The van der Waals surface area contributed by atoms with E-state index in [4.69, 9.17) is 9.73 Å². The summed E-state index contributed by atoms with van der Waals surface area (Å²) in [5.74, 6) is 0.0395. The Labute approximate surface area is 239 Å². The first-order valence-corrected chi connectivity index (χ1v) is 14.5. The van der Waals surface area contributed by atoms with Crippen LogP contribution in [0.5, 0.6) is 11.5 Å². The van der Waals surface area contributed by atoms with Gasteiger partial charge in [0.05, 0.1) is 20.8 Å². The number of hydrogen-bond donors (Lipinski definition) is 3. The van der Waals surface area contributed by atoms with Gasteiger partial charge in [-0.15, -0.1) is 11.3 Å². The van der Waals surface area contributed by atoms with Crippen molar-refractivity contribution < 1.29 is 19.0 Å². The number of aliphatic imine (C=N–C) groups is 1. The summed E-state index contributed by atoms with van der Waals surface area (Å²) in [7, 11) is 0. The maximum absolute atomic E-state index is 14.9. The molecule has 1 aromatic carbocycles. The molecule has 3 N–H and O–H groups in total. The minimum Gasteiger partial charge on any atom is -0.453 e. The van der Waals surface area contributed by atoms with Crippen LogP contribution in [-0.4, -0.2) is 52.6 Å². The SMILES string of the molecule is C/C=C(/N=CC(C(C)C)C(O)N1CCCC1)c1cc2nccc(Oc3ccc(NC(=O)NC(C)C)cc3F)c2s1. The highest BCUT2D eigenvalue weighted by atomic mass is 32.1. The summed E-state index contributed by atoms with van der Waals surface area (Å²) in [6.07, 6.45) is 7.08. The predicted octanol–water partition coefficient (Wildman–Crippen LogP) is 6.88. The molecule has 0 spiro atoms. The van der Waals surface area contributed by atoms with Gasteiger partial charge in [0.1, 0.15) is 12.0 Å². The van der Waals surface area contributed by atoms with E-state index in [0.29, 0.717) is 17.0 Å². The number of thiophene rings is 1. The standard InChI is InChI=1S/C30H38FN5O3S/c1-6-23(33-17-21(18(2)3)29(37)36-13-7-8-14-36)27-16-24-28(40-27)26(11-12-32-24)39-25-10-9-20(15-22(25)31)35-30(38)34-19(4)5/h6,9-12,15-19,21,29,37H,7-8,13-14H2,1-5H3,(H2,34,35,38)/b23-6+,33-17?. The van der Waals surface area contributed by atoms with Crippen LogP contribution in [0.2, 0.25) is 0 Å². The Hall–Kier alpha value is -3.34. The number of benzene rings is 1. The third-order valence-corrected chi connectivity index (χ3v) is 7.91. The van der Waals surface area contributed by atoms with Gasteiger partial charge in [-0.1, -0.05) is 19.9 Å². The zero-order valence-electron chi connectivity index (χ0n) is 23.6. The van der Waals surface area contributed by atoms with Crippen LogP contribution >= 0.6 is 11.3 Å². The highest BCUT2D eigenvalue weighted by molar-refractivity contribution is 7.20. The number of amides is 2. The van der Waals surface area contributed by atoms with E-state index in [2.05, 4.69) is 34.4 Å². The smallest absolute Gasteiger partial charge is 0.319 e. The van der Waals surface area contributed by atoms with Crippen LogP contribution in [0, 0.1) is 17.7 Å². The number of aliphatic hydroxyl groups is 1. The van der Waals surface area contributed by atoms with Gasteiger partial charge < -0.3 is 20.5 Å². The van der Waals surface area contributed by atoms with Crippen molar-refractivity contribution in [2.24, 2.45) is 16.8 Å². The average molecular weight is 568 g/mol. The summed E-state index contributed by atoms with van der Waals surface area (Å²) in [5, 5.41) is 16.3. The lowest BCUT2D eigenvalue weighted by Crippen LogP contribution is -2.41. The van der Waals surface area contributed by atoms with Gasteiger partial charge in [-0.3, -0.25) is 14.9 Å². The minimum atomic E-state index is -0.598. The van der Waals surface area contributed by atoms with E-state index in [1.165, 1.54) is 23.5 Å². The Kier molecular flexibility index (Phi) is 9.89. The van der Waals surface area contributed by atoms with E-state index in [-0.39, 0.29) is 23.6 Å². The van der Waals surface area contributed by atoms with Crippen LogP contribution in [0.3, 0.4) is 0 Å². The van der Waals surface area contributed by atoms with Crippen LogP contribution in [0.25, 0.3) is 15.9 Å². The van der Waals surface area contributed by atoms with Crippen molar-refractivity contribution in [1.82, 2.24) is 15.2 Å². The molecule has 0 radical (unpaired) electrons. The van der Waals surface area contributed by atoms with Crippen molar-refractivity contribution in [3.8, 4) is 11.5 Å². The summed E-state index contributed by atoms with van der Waals surface area (Å²) in [6, 6.07) is 7.50. The van der Waals surface area contributed by atoms with E-state index in [0.717, 1.165) is 41.2 Å². The number of anilines is 1. The molecule has 1 aliphatic heterocycles. The van der Waals surface area contributed by atoms with Crippen molar-refractivity contribution in [3.05, 3.63) is 53.3 Å². The second-order valence-electron chi connectivity index (χ2n) is 10.6. The lowest BCUT2D eigenvalue weighted by molar-refractivity contribution is -0.0166. The van der Waals surface area contributed by atoms with Crippen molar-refractivity contribution in [1.29, 1.82) is 0 Å². The van der Waals surface area contributed by atoms with E-state index in [1.807, 2.05) is 39.1 Å². The molecule has 0 saturated carbocycles. The zero-order chi connectivity index (χ0) is 28.8. The Bertz CT molecular complexity index is 1380. The summed E-state index contributed by atoms with van der Waals surface area (Å²) in [4.78, 5) is 24.2. The van der Waals surface area contributed by atoms with Crippen LogP contribution in [0.15, 0.2) is 47.6 Å². The topological polar surface area (TPSA) is 99.1 Å². The molecule has 0 aliphatic carbocycles. The Morgan fingerprint density at radius 1 is 1.18 bits per heavy atom. The fourth-order valence-corrected chi connectivity index (χ4v) is 5.71. The van der Waals surface area contributed by atoms with Crippen LogP contribution in [0.4, 0.5) is 14.9 Å². The number of carbonyl (C=O) groups excluding carboxylic acids is 1. The first kappa shape index (κ1) is 29.6. The van der Waals surface area contributed by atoms with E-state index in [9.17, 15) is 14.3 Å². The predicted molar refractivity (Wildman–Crippen MR) is 161 cm³/mol. The number of likely N-dealkylation sites (tertiary alicyclic amines) is 1. The number of nitrogens with one attached hydrogen (secondary N) is 2. The first-order valence-electron chi connectivity index (χ1n) is 13.7. The number of pyridine rings is 1. The summed E-state index contributed by atoms with van der Waals surface area (Å²) in [6.45, 7) is 11.6. The molecular weight excluding hydrogens is 529 g/mol. The lowest BCUT2D eigenvalue weighted by Gasteiger charge is -2.30. The van der Waals surface area contributed by atoms with Crippen molar-refractivity contribution in [2.45, 2.75) is 59.7 Å². The van der Waals surface area contributed by atoms with Gasteiger partial charge >= 0.3 is 6.03 Å². The van der Waals surface area contributed by atoms with Crippen LogP contribution in [-0.2, 0) is 0 Å². The van der Waals surface area contributed by atoms with Gasteiger partial charge in [0.2, 0.25) is 0 Å². The summed E-state index contributed by atoms with van der Waals surface area (Å²) < 4.78 is 21.6. The molecule has 2 aromatic heterocycles. The number of ether oxygens (including phenoxy) is 1. The molecule has 2 amide bonds. The number of aliphatic hydroxyl groups excluding tert-OH is 1. The van der Waals surface area contributed by atoms with E-state index >= 15 is 0 Å². The fraction of sp³-hybridized carbons (Fsp3) is 0.433.